The number of nitrogens with one attached hydrogen (secondary N) is 1. The summed E-state index contributed by atoms with van der Waals surface area (Å²) in [5.41, 5.74) is -0.283. The minimum absolute atomic E-state index is 0.0310. The van der Waals surface area contributed by atoms with Gasteiger partial charge in [0, 0.05) is 0 Å². The molecule has 0 fully saturated rings. The molecule has 0 aliphatic carbocycles. The minimum Gasteiger partial charge on any atom is -0.340 e. The summed E-state index contributed by atoms with van der Waals surface area (Å²) in [6.07, 6.45) is -4.44. The maximum absolute atomic E-state index is 12.4. The summed E-state index contributed by atoms with van der Waals surface area (Å²) in [5.74, 6) is -0.415. The van der Waals surface area contributed by atoms with Gasteiger partial charge < -0.3 is 5.32 Å². The first-order valence-electron chi connectivity index (χ1n) is 6.09. The van der Waals surface area contributed by atoms with Crippen LogP contribution in [0.25, 0.3) is 0 Å². The van der Waals surface area contributed by atoms with Gasteiger partial charge in [0.2, 0.25) is 5.91 Å². The molecule has 0 saturated heterocycles. The number of amides is 1. The SMILES string of the molecule is CC(C)C(C#N)NC(=O)Cc1ccc(C(F)(F)F)cc1. The average Bonchev–Trinajstić information content (AvgIpc) is 2.35. The third-order valence-electron chi connectivity index (χ3n) is 2.77. The van der Waals surface area contributed by atoms with Gasteiger partial charge in [0.1, 0.15) is 6.04 Å². The monoisotopic (exact) mass is 284 g/mol. The quantitative estimate of drug-likeness (QED) is 0.924. The largest absolute Gasteiger partial charge is 0.416 e. The van der Waals surface area contributed by atoms with Gasteiger partial charge in [0.15, 0.2) is 0 Å². The van der Waals surface area contributed by atoms with Gasteiger partial charge in [-0.3, -0.25) is 4.79 Å². The summed E-state index contributed by atoms with van der Waals surface area (Å²) in [7, 11) is 0. The zero-order valence-electron chi connectivity index (χ0n) is 11.2. The van der Waals surface area contributed by atoms with E-state index in [0.717, 1.165) is 12.1 Å². The second kappa shape index (κ2) is 6.42. The summed E-state index contributed by atoms with van der Waals surface area (Å²) in [5, 5.41) is 11.4. The van der Waals surface area contributed by atoms with Gasteiger partial charge in [0.05, 0.1) is 18.1 Å². The van der Waals surface area contributed by atoms with Crippen molar-refractivity contribution in [1.82, 2.24) is 5.32 Å². The van der Waals surface area contributed by atoms with E-state index >= 15 is 0 Å². The molecule has 1 N–H and O–H groups in total. The van der Waals surface area contributed by atoms with Crippen molar-refractivity contribution in [3.63, 3.8) is 0 Å². The van der Waals surface area contributed by atoms with Crippen LogP contribution in [0.5, 0.6) is 0 Å². The Morgan fingerprint density at radius 2 is 1.85 bits per heavy atom. The highest BCUT2D eigenvalue weighted by Gasteiger charge is 2.30. The molecule has 0 aliphatic rings. The number of nitriles is 1. The lowest BCUT2D eigenvalue weighted by atomic mass is 10.0. The molecule has 0 radical (unpaired) electrons. The molecule has 3 nitrogen and oxygen atoms in total. The number of halogens is 3. The third kappa shape index (κ3) is 4.57. The highest BCUT2D eigenvalue weighted by atomic mass is 19.4. The molecule has 1 atom stereocenters. The molecule has 20 heavy (non-hydrogen) atoms. The van der Waals surface area contributed by atoms with Crippen LogP contribution >= 0.6 is 0 Å². The zero-order valence-corrected chi connectivity index (χ0v) is 11.2. The number of nitrogens with zero attached hydrogens (tertiary/aromatic N) is 1. The van der Waals surface area contributed by atoms with E-state index in [1.54, 1.807) is 13.8 Å². The number of benzene rings is 1. The highest BCUT2D eigenvalue weighted by molar-refractivity contribution is 5.79. The molecule has 0 aliphatic heterocycles. The second-order valence-corrected chi connectivity index (χ2v) is 4.79. The smallest absolute Gasteiger partial charge is 0.340 e. The second-order valence-electron chi connectivity index (χ2n) is 4.79. The van der Waals surface area contributed by atoms with E-state index < -0.39 is 17.8 Å². The molecule has 0 aromatic heterocycles. The third-order valence-corrected chi connectivity index (χ3v) is 2.77. The Balaban J connectivity index is 2.66. The number of alkyl halides is 3. The molecular weight excluding hydrogens is 269 g/mol. The Labute approximate surface area is 115 Å². The van der Waals surface area contributed by atoms with Crippen molar-refractivity contribution in [1.29, 1.82) is 5.26 Å². The number of hydrogen-bond acceptors (Lipinski definition) is 2. The number of hydrogen-bond donors (Lipinski definition) is 1. The Bertz CT molecular complexity index is 501. The fraction of sp³-hybridized carbons (Fsp3) is 0.429. The van der Waals surface area contributed by atoms with E-state index in [0.29, 0.717) is 5.56 Å². The van der Waals surface area contributed by atoms with Crippen LogP contribution in [0.2, 0.25) is 0 Å². The van der Waals surface area contributed by atoms with Crippen LogP contribution < -0.4 is 5.32 Å². The number of rotatable bonds is 4. The van der Waals surface area contributed by atoms with Gasteiger partial charge in [-0.25, -0.2) is 0 Å². The Morgan fingerprint density at radius 3 is 2.25 bits per heavy atom. The summed E-state index contributed by atoms with van der Waals surface area (Å²) in [6.45, 7) is 3.60. The van der Waals surface area contributed by atoms with Crippen LogP contribution in [-0.2, 0) is 17.4 Å². The molecule has 0 saturated carbocycles. The summed E-state index contributed by atoms with van der Waals surface area (Å²) in [6, 6.07) is 5.77. The maximum atomic E-state index is 12.4. The van der Waals surface area contributed by atoms with Gasteiger partial charge in [-0.15, -0.1) is 0 Å². The van der Waals surface area contributed by atoms with Crippen LogP contribution in [0.4, 0.5) is 13.2 Å². The van der Waals surface area contributed by atoms with Crippen molar-refractivity contribution < 1.29 is 18.0 Å². The molecule has 1 aromatic rings. The van der Waals surface area contributed by atoms with E-state index in [1.807, 2.05) is 6.07 Å². The Hall–Kier alpha value is -2.03. The molecule has 0 bridgehead atoms. The van der Waals surface area contributed by atoms with Crippen molar-refractivity contribution >= 4 is 5.91 Å². The van der Waals surface area contributed by atoms with Gasteiger partial charge >= 0.3 is 6.18 Å². The molecule has 0 heterocycles. The van der Waals surface area contributed by atoms with Gasteiger partial charge in [-0.1, -0.05) is 26.0 Å². The van der Waals surface area contributed by atoms with E-state index in [2.05, 4.69) is 5.32 Å². The Morgan fingerprint density at radius 1 is 1.30 bits per heavy atom. The maximum Gasteiger partial charge on any atom is 0.416 e. The minimum atomic E-state index is -4.38. The van der Waals surface area contributed by atoms with Crippen LogP contribution in [0, 0.1) is 17.2 Å². The van der Waals surface area contributed by atoms with Gasteiger partial charge in [0.25, 0.3) is 0 Å². The normalized spacial score (nSPS) is 12.8. The number of carbonyl (C=O) groups is 1. The average molecular weight is 284 g/mol. The van der Waals surface area contributed by atoms with Crippen molar-refractivity contribution in [2.45, 2.75) is 32.5 Å². The summed E-state index contributed by atoms with van der Waals surface area (Å²) < 4.78 is 37.1. The molecule has 1 rings (SSSR count). The van der Waals surface area contributed by atoms with Crippen molar-refractivity contribution in [2.24, 2.45) is 5.92 Å². The highest BCUT2D eigenvalue weighted by Crippen LogP contribution is 2.29. The molecule has 108 valence electrons. The lowest BCUT2D eigenvalue weighted by Crippen LogP contribution is -2.38. The van der Waals surface area contributed by atoms with Crippen LogP contribution in [-0.4, -0.2) is 11.9 Å². The van der Waals surface area contributed by atoms with E-state index in [1.165, 1.54) is 12.1 Å². The topological polar surface area (TPSA) is 52.9 Å². The molecule has 1 unspecified atom stereocenters. The predicted molar refractivity (Wildman–Crippen MR) is 67.5 cm³/mol. The molecule has 1 amide bonds. The van der Waals surface area contributed by atoms with Crippen LogP contribution in [0.3, 0.4) is 0 Å². The van der Waals surface area contributed by atoms with E-state index in [4.69, 9.17) is 5.26 Å². The van der Waals surface area contributed by atoms with Gasteiger partial charge in [-0.2, -0.15) is 18.4 Å². The lowest BCUT2D eigenvalue weighted by molar-refractivity contribution is -0.137. The zero-order chi connectivity index (χ0) is 15.3. The van der Waals surface area contributed by atoms with Gasteiger partial charge in [-0.05, 0) is 23.6 Å². The molecule has 0 spiro atoms. The fourth-order valence-corrected chi connectivity index (χ4v) is 1.57. The van der Waals surface area contributed by atoms with E-state index in [9.17, 15) is 18.0 Å². The lowest BCUT2D eigenvalue weighted by Gasteiger charge is -2.15. The Kier molecular flexibility index (Phi) is 5.14. The standard InChI is InChI=1S/C14H15F3N2O/c1-9(2)12(8-18)19-13(20)7-10-3-5-11(6-4-10)14(15,16)17/h3-6,9,12H,7H2,1-2H3,(H,19,20). The predicted octanol–water partition coefficient (Wildman–Crippen LogP) is 2.91. The first-order chi connectivity index (χ1) is 9.24. The molecule has 6 heteroatoms. The van der Waals surface area contributed by atoms with Crippen LogP contribution in [0.1, 0.15) is 25.0 Å². The van der Waals surface area contributed by atoms with Crippen molar-refractivity contribution in [3.8, 4) is 6.07 Å². The van der Waals surface area contributed by atoms with Crippen LogP contribution in [0.15, 0.2) is 24.3 Å². The summed E-state index contributed by atoms with van der Waals surface area (Å²) >= 11 is 0. The van der Waals surface area contributed by atoms with Crippen molar-refractivity contribution in [3.05, 3.63) is 35.4 Å². The number of carbonyl (C=O) groups excluding carboxylic acids is 1. The molecular formula is C14H15F3N2O. The fourth-order valence-electron chi connectivity index (χ4n) is 1.57. The molecule has 1 aromatic carbocycles. The van der Waals surface area contributed by atoms with Crippen molar-refractivity contribution in [2.75, 3.05) is 0 Å². The van der Waals surface area contributed by atoms with E-state index in [-0.39, 0.29) is 18.2 Å². The first-order valence-corrected chi connectivity index (χ1v) is 6.09. The first kappa shape index (κ1) is 16.0. The summed E-state index contributed by atoms with van der Waals surface area (Å²) in [4.78, 5) is 11.7.